The number of fused-ring (bicyclic) bond motifs is 2. The minimum atomic E-state index is -1.04. The van der Waals surface area contributed by atoms with Crippen LogP contribution >= 0.6 is 0 Å². The zero-order valence-electron chi connectivity index (χ0n) is 13.1. The van der Waals surface area contributed by atoms with Crippen LogP contribution in [0.5, 0.6) is 0 Å². The molecule has 5 aliphatic rings. The Hall–Kier alpha value is -1.11. The Bertz CT molecular complexity index is 557. The summed E-state index contributed by atoms with van der Waals surface area (Å²) in [5, 5.41) is 9.44. The van der Waals surface area contributed by atoms with E-state index in [1.165, 1.54) is 0 Å². The van der Waals surface area contributed by atoms with Crippen LogP contribution in [0.1, 0.15) is 46.5 Å². The molecule has 4 heterocycles. The van der Waals surface area contributed by atoms with Crippen LogP contribution in [0.2, 0.25) is 0 Å². The number of carbonyl (C=O) groups is 1. The predicted octanol–water partition coefficient (Wildman–Crippen LogP) is 2.59. The lowest BCUT2D eigenvalue weighted by Gasteiger charge is -2.56. The average Bonchev–Trinajstić information content (AvgIpc) is 2.69. The highest BCUT2D eigenvalue weighted by Crippen LogP contribution is 2.60. The van der Waals surface area contributed by atoms with Crippen LogP contribution in [0.3, 0.4) is 0 Å². The third kappa shape index (κ3) is 1.69. The zero-order chi connectivity index (χ0) is 15.7. The Morgan fingerprint density at radius 2 is 2.05 bits per heavy atom. The lowest BCUT2D eigenvalue weighted by atomic mass is 9.59. The van der Waals surface area contributed by atoms with Crippen molar-refractivity contribution in [2.45, 2.75) is 64.1 Å². The summed E-state index contributed by atoms with van der Waals surface area (Å²) in [6, 6.07) is 0. The molecule has 122 valence electrons. The molecule has 4 aliphatic heterocycles. The number of rotatable bonds is 1. The molecule has 22 heavy (non-hydrogen) atoms. The number of carboxylic acid groups (broad SMARTS) is 1. The summed E-state index contributed by atoms with van der Waals surface area (Å²) in [6.07, 6.45) is 2.85. The summed E-state index contributed by atoms with van der Waals surface area (Å²) in [6.45, 7) is 5.88. The maximum Gasteiger partial charge on any atom is 0.371 e. The molecule has 1 spiro atoms. The van der Waals surface area contributed by atoms with E-state index in [2.05, 4.69) is 6.92 Å². The molecule has 0 aromatic rings. The molecule has 0 aromatic carbocycles. The smallest absolute Gasteiger partial charge is 0.371 e. The topological polar surface area (TPSA) is 74.2 Å². The zero-order valence-corrected chi connectivity index (χ0v) is 13.1. The maximum atomic E-state index is 11.5. The Kier molecular flexibility index (Phi) is 2.94. The number of aliphatic carboxylic acids is 1. The van der Waals surface area contributed by atoms with Gasteiger partial charge in [0.1, 0.15) is 0 Å². The van der Waals surface area contributed by atoms with Crippen molar-refractivity contribution >= 4 is 5.97 Å². The highest BCUT2D eigenvalue weighted by Gasteiger charge is 2.68. The highest BCUT2D eigenvalue weighted by atomic mass is 17.3. The van der Waals surface area contributed by atoms with Crippen LogP contribution in [0.25, 0.3) is 0 Å². The first kappa shape index (κ1) is 14.5. The molecular formula is C16H22O6. The Labute approximate surface area is 129 Å². The van der Waals surface area contributed by atoms with Gasteiger partial charge in [0, 0.05) is 18.3 Å². The monoisotopic (exact) mass is 310 g/mol. The van der Waals surface area contributed by atoms with Crippen LogP contribution < -0.4 is 0 Å². The van der Waals surface area contributed by atoms with Crippen molar-refractivity contribution in [1.29, 1.82) is 0 Å². The third-order valence-corrected chi connectivity index (χ3v) is 6.02. The molecule has 3 saturated heterocycles. The minimum absolute atomic E-state index is 0.00804. The van der Waals surface area contributed by atoms with Crippen LogP contribution in [-0.2, 0) is 24.0 Å². The Morgan fingerprint density at radius 1 is 1.27 bits per heavy atom. The first-order chi connectivity index (χ1) is 10.4. The van der Waals surface area contributed by atoms with Crippen molar-refractivity contribution < 1.29 is 29.1 Å². The van der Waals surface area contributed by atoms with Gasteiger partial charge in [0.05, 0.1) is 0 Å². The Balaban J connectivity index is 1.87. The van der Waals surface area contributed by atoms with Gasteiger partial charge in [-0.25, -0.2) is 14.6 Å². The molecule has 6 nitrogen and oxygen atoms in total. The summed E-state index contributed by atoms with van der Waals surface area (Å²) in [7, 11) is 0. The summed E-state index contributed by atoms with van der Waals surface area (Å²) in [4.78, 5) is 23.1. The summed E-state index contributed by atoms with van der Waals surface area (Å²) < 4.78 is 11.8. The summed E-state index contributed by atoms with van der Waals surface area (Å²) >= 11 is 0. The van der Waals surface area contributed by atoms with Crippen molar-refractivity contribution in [2.24, 2.45) is 17.8 Å². The van der Waals surface area contributed by atoms with Gasteiger partial charge in [-0.1, -0.05) is 6.92 Å². The van der Waals surface area contributed by atoms with E-state index in [0.717, 1.165) is 31.3 Å². The second-order valence-corrected chi connectivity index (χ2v) is 7.29. The highest BCUT2D eigenvalue weighted by molar-refractivity contribution is 5.85. The fourth-order valence-electron chi connectivity index (χ4n) is 4.83. The van der Waals surface area contributed by atoms with E-state index in [0.29, 0.717) is 5.92 Å². The minimum Gasteiger partial charge on any atom is -0.475 e. The molecule has 0 amide bonds. The van der Waals surface area contributed by atoms with E-state index in [9.17, 15) is 9.90 Å². The second-order valence-electron chi connectivity index (χ2n) is 7.29. The molecule has 1 aliphatic carbocycles. The van der Waals surface area contributed by atoms with Crippen LogP contribution in [-0.4, -0.2) is 28.8 Å². The molecule has 5 rings (SSSR count). The van der Waals surface area contributed by atoms with E-state index < -0.39 is 23.6 Å². The quantitative estimate of drug-likeness (QED) is 0.750. The molecule has 6 atom stereocenters. The molecule has 1 unspecified atom stereocenters. The van der Waals surface area contributed by atoms with Gasteiger partial charge in [0.15, 0.2) is 5.60 Å². The van der Waals surface area contributed by atoms with Crippen molar-refractivity contribution in [3.8, 4) is 0 Å². The fourth-order valence-corrected chi connectivity index (χ4v) is 4.83. The predicted molar refractivity (Wildman–Crippen MR) is 74.2 cm³/mol. The molecule has 6 heteroatoms. The number of carboxylic acids is 1. The van der Waals surface area contributed by atoms with E-state index in [1.54, 1.807) is 0 Å². The Morgan fingerprint density at radius 3 is 2.77 bits per heavy atom. The van der Waals surface area contributed by atoms with Gasteiger partial charge in [-0.05, 0) is 44.6 Å². The molecular weight excluding hydrogens is 288 g/mol. The molecule has 4 fully saturated rings. The van der Waals surface area contributed by atoms with Gasteiger partial charge < -0.3 is 14.6 Å². The van der Waals surface area contributed by atoms with Crippen molar-refractivity contribution in [3.63, 3.8) is 0 Å². The standard InChI is InChI=1S/C16H22O6/c1-8-4-5-11-9(2)12(13(17)18)19-14-16(11)10(8)6-7-15(3,20-14)21-22-16/h8,10-11,14H,4-7H2,1-3H3,(H,17,18)/t8-,10+,11+,14?,15-,16-/m1/s1. The largest absolute Gasteiger partial charge is 0.475 e. The second kappa shape index (κ2) is 4.46. The van der Waals surface area contributed by atoms with Gasteiger partial charge in [0.2, 0.25) is 17.8 Å². The van der Waals surface area contributed by atoms with Crippen molar-refractivity contribution in [3.05, 3.63) is 11.3 Å². The first-order valence-electron chi connectivity index (χ1n) is 8.03. The molecule has 0 aromatic heterocycles. The van der Waals surface area contributed by atoms with Gasteiger partial charge in [0.25, 0.3) is 0 Å². The first-order valence-corrected chi connectivity index (χ1v) is 8.03. The summed E-state index contributed by atoms with van der Waals surface area (Å²) in [5.74, 6) is -1.24. The van der Waals surface area contributed by atoms with E-state index in [-0.39, 0.29) is 17.6 Å². The van der Waals surface area contributed by atoms with Crippen LogP contribution in [0.15, 0.2) is 11.3 Å². The third-order valence-electron chi connectivity index (χ3n) is 6.02. The van der Waals surface area contributed by atoms with E-state index >= 15 is 0 Å². The lowest BCUT2D eigenvalue weighted by molar-refractivity contribution is -0.556. The number of hydrogen-bond donors (Lipinski definition) is 1. The molecule has 1 saturated carbocycles. The van der Waals surface area contributed by atoms with Crippen LogP contribution in [0, 0.1) is 17.8 Å². The van der Waals surface area contributed by atoms with Gasteiger partial charge in [-0.15, -0.1) is 0 Å². The molecule has 0 radical (unpaired) electrons. The summed E-state index contributed by atoms with van der Waals surface area (Å²) in [5.41, 5.74) is 0.00910. The van der Waals surface area contributed by atoms with Crippen LogP contribution in [0.4, 0.5) is 0 Å². The fraction of sp³-hybridized carbons (Fsp3) is 0.812. The lowest BCUT2D eigenvalue weighted by Crippen LogP contribution is -2.66. The SMILES string of the molecule is CC1=C(C(=O)O)OC2O[C@@]3(C)CC[C@H]4[C@H](C)CC[C@@H]1[C@@]24OO3. The number of hydrogen-bond acceptors (Lipinski definition) is 5. The molecule has 2 bridgehead atoms. The van der Waals surface area contributed by atoms with Crippen molar-refractivity contribution in [2.75, 3.05) is 0 Å². The average molecular weight is 310 g/mol. The van der Waals surface area contributed by atoms with Gasteiger partial charge in [-0.3, -0.25) is 0 Å². The normalized spacial score (nSPS) is 50.1. The van der Waals surface area contributed by atoms with Gasteiger partial charge in [-0.2, -0.15) is 0 Å². The molecule has 1 N–H and O–H groups in total. The maximum absolute atomic E-state index is 11.5. The van der Waals surface area contributed by atoms with E-state index in [1.807, 2.05) is 13.8 Å². The van der Waals surface area contributed by atoms with E-state index in [4.69, 9.17) is 19.2 Å². The number of ether oxygens (including phenoxy) is 2. The van der Waals surface area contributed by atoms with Crippen molar-refractivity contribution in [1.82, 2.24) is 0 Å². The van der Waals surface area contributed by atoms with Gasteiger partial charge >= 0.3 is 5.97 Å².